The summed E-state index contributed by atoms with van der Waals surface area (Å²) in [5.74, 6) is -0.505. The molecule has 0 spiro atoms. The molecule has 1 amide bonds. The van der Waals surface area contributed by atoms with Crippen LogP contribution in [0.15, 0.2) is 34.7 Å². The number of carbonyl (C=O) groups is 1. The Kier molecular flexibility index (Phi) is 5.80. The minimum Gasteiger partial charge on any atom is -0.507 e. The topological polar surface area (TPSA) is 66.6 Å². The molecule has 0 unspecified atom stereocenters. The van der Waals surface area contributed by atoms with Gasteiger partial charge in [-0.2, -0.15) is 0 Å². The normalized spacial score (nSPS) is 15.7. The molecule has 1 saturated heterocycles. The molecule has 22 heavy (non-hydrogen) atoms. The summed E-state index contributed by atoms with van der Waals surface area (Å²) >= 11 is 7.15. The monoisotopic (exact) mass is 338 g/mol. The van der Waals surface area contributed by atoms with E-state index < -0.39 is 5.91 Å². The zero-order valence-corrected chi connectivity index (χ0v) is 13.8. The lowest BCUT2D eigenvalue weighted by molar-refractivity contribution is -0.113. The molecule has 1 aromatic rings. The minimum absolute atomic E-state index is 0.0485. The van der Waals surface area contributed by atoms with Crippen molar-refractivity contribution in [1.82, 2.24) is 4.90 Å². The molecule has 6 heteroatoms. The maximum absolute atomic E-state index is 11.7. The van der Waals surface area contributed by atoms with E-state index in [-0.39, 0.29) is 5.75 Å². The highest BCUT2D eigenvalue weighted by atomic mass is 35.5. The molecule has 0 saturated carbocycles. The third-order valence-corrected chi connectivity index (χ3v) is 4.72. The van der Waals surface area contributed by atoms with Crippen LogP contribution >= 0.6 is 23.4 Å². The summed E-state index contributed by atoms with van der Waals surface area (Å²) in [6.45, 7) is 5.92. The fraction of sp³-hybridized carbons (Fsp3) is 0.312. The molecule has 0 radical (unpaired) electrons. The SMILES string of the molecule is C=C(S/C(=C\c1cc(Cl)ccc1O)C(N)=O)N1CCCCC1. The van der Waals surface area contributed by atoms with Crippen molar-refractivity contribution in [3.8, 4) is 5.75 Å². The number of primary amides is 1. The van der Waals surface area contributed by atoms with Crippen LogP contribution in [0.3, 0.4) is 0 Å². The summed E-state index contributed by atoms with van der Waals surface area (Å²) in [7, 11) is 0. The number of nitrogens with two attached hydrogens (primary N) is 1. The first kappa shape index (κ1) is 16.8. The molecule has 0 atom stereocenters. The first-order valence-corrected chi connectivity index (χ1v) is 8.28. The zero-order chi connectivity index (χ0) is 16.1. The number of phenolic OH excluding ortho intramolecular Hbond substituents is 1. The van der Waals surface area contributed by atoms with Crippen molar-refractivity contribution in [2.45, 2.75) is 19.3 Å². The molecule has 0 aromatic heterocycles. The van der Waals surface area contributed by atoms with Gasteiger partial charge >= 0.3 is 0 Å². The van der Waals surface area contributed by atoms with Gasteiger partial charge in [0.2, 0.25) is 0 Å². The van der Waals surface area contributed by atoms with Crippen molar-refractivity contribution >= 4 is 35.3 Å². The number of aromatic hydroxyl groups is 1. The van der Waals surface area contributed by atoms with Gasteiger partial charge in [-0.15, -0.1) is 0 Å². The van der Waals surface area contributed by atoms with Gasteiger partial charge in [0.25, 0.3) is 5.91 Å². The van der Waals surface area contributed by atoms with Gasteiger partial charge in [-0.05, 0) is 43.5 Å². The molecular weight excluding hydrogens is 320 g/mol. The van der Waals surface area contributed by atoms with Gasteiger partial charge in [-0.3, -0.25) is 4.79 Å². The second kappa shape index (κ2) is 7.61. The number of halogens is 1. The fourth-order valence-corrected chi connectivity index (χ4v) is 3.30. The van der Waals surface area contributed by atoms with Crippen LogP contribution < -0.4 is 5.73 Å². The minimum atomic E-state index is -0.553. The molecule has 1 heterocycles. The van der Waals surface area contributed by atoms with E-state index in [1.165, 1.54) is 24.2 Å². The number of carbonyl (C=O) groups excluding carboxylic acids is 1. The number of benzene rings is 1. The Bertz CT molecular complexity index is 610. The van der Waals surface area contributed by atoms with Crippen LogP contribution in [0.4, 0.5) is 0 Å². The number of hydrogen-bond acceptors (Lipinski definition) is 4. The lowest BCUT2D eigenvalue weighted by Crippen LogP contribution is -2.28. The van der Waals surface area contributed by atoms with Crippen LogP contribution in [0.2, 0.25) is 5.02 Å². The van der Waals surface area contributed by atoms with Crippen LogP contribution in [0.1, 0.15) is 24.8 Å². The van der Waals surface area contributed by atoms with E-state index in [0.717, 1.165) is 31.0 Å². The Morgan fingerprint density at radius 3 is 2.68 bits per heavy atom. The Morgan fingerprint density at radius 2 is 2.05 bits per heavy atom. The third-order valence-electron chi connectivity index (χ3n) is 3.46. The van der Waals surface area contributed by atoms with Crippen LogP contribution in [-0.2, 0) is 4.79 Å². The number of piperidine rings is 1. The molecular formula is C16H19ClN2O2S. The van der Waals surface area contributed by atoms with Crippen LogP contribution in [0, 0.1) is 0 Å². The van der Waals surface area contributed by atoms with Crippen molar-refractivity contribution in [2.24, 2.45) is 5.73 Å². The molecule has 1 aliphatic rings. The number of likely N-dealkylation sites (tertiary alicyclic amines) is 1. The first-order chi connectivity index (χ1) is 10.5. The van der Waals surface area contributed by atoms with E-state index in [1.807, 2.05) is 0 Å². The number of amides is 1. The summed E-state index contributed by atoms with van der Waals surface area (Å²) in [5, 5.41) is 11.1. The first-order valence-electron chi connectivity index (χ1n) is 7.09. The number of thioether (sulfide) groups is 1. The summed E-state index contributed by atoms with van der Waals surface area (Å²) in [4.78, 5) is 14.2. The standard InChI is InChI=1S/C16H19ClN2O2S/c1-11(19-7-3-2-4-8-19)22-15(16(18)21)10-12-9-13(17)5-6-14(12)20/h5-6,9-10,20H,1-4,7-8H2,(H2,18,21)/b15-10-. The number of phenols is 1. The van der Waals surface area contributed by atoms with Gasteiger partial charge in [0.1, 0.15) is 5.75 Å². The average molecular weight is 339 g/mol. The van der Waals surface area contributed by atoms with Crippen LogP contribution in [0.5, 0.6) is 5.75 Å². The summed E-state index contributed by atoms with van der Waals surface area (Å²) in [5.41, 5.74) is 5.91. The second-order valence-electron chi connectivity index (χ2n) is 5.12. The zero-order valence-electron chi connectivity index (χ0n) is 12.2. The molecule has 0 aliphatic carbocycles. The highest BCUT2D eigenvalue weighted by Gasteiger charge is 2.16. The van der Waals surface area contributed by atoms with Gasteiger partial charge < -0.3 is 15.7 Å². The smallest absolute Gasteiger partial charge is 0.255 e. The molecule has 1 aromatic carbocycles. The van der Waals surface area contributed by atoms with E-state index >= 15 is 0 Å². The Labute approximate surface area is 139 Å². The van der Waals surface area contributed by atoms with Crippen molar-refractivity contribution < 1.29 is 9.90 Å². The summed E-state index contributed by atoms with van der Waals surface area (Å²) < 4.78 is 0. The van der Waals surface area contributed by atoms with E-state index in [0.29, 0.717) is 15.5 Å². The van der Waals surface area contributed by atoms with Gasteiger partial charge in [-0.1, -0.05) is 29.9 Å². The quantitative estimate of drug-likeness (QED) is 0.805. The maximum atomic E-state index is 11.7. The number of rotatable bonds is 5. The molecule has 1 fully saturated rings. The predicted molar refractivity (Wildman–Crippen MR) is 92.4 cm³/mol. The highest BCUT2D eigenvalue weighted by Crippen LogP contribution is 2.32. The predicted octanol–water partition coefficient (Wildman–Crippen LogP) is 3.56. The van der Waals surface area contributed by atoms with Gasteiger partial charge in [0.05, 0.1) is 9.93 Å². The average Bonchev–Trinajstić information content (AvgIpc) is 2.50. The van der Waals surface area contributed by atoms with Crippen molar-refractivity contribution in [3.63, 3.8) is 0 Å². The lowest BCUT2D eigenvalue weighted by Gasteiger charge is -2.29. The van der Waals surface area contributed by atoms with Gasteiger partial charge in [0, 0.05) is 23.7 Å². The molecule has 4 nitrogen and oxygen atoms in total. The van der Waals surface area contributed by atoms with Gasteiger partial charge in [0.15, 0.2) is 0 Å². The third kappa shape index (κ3) is 4.45. The van der Waals surface area contributed by atoms with E-state index in [4.69, 9.17) is 17.3 Å². The fourth-order valence-electron chi connectivity index (χ4n) is 2.27. The molecule has 1 aliphatic heterocycles. The number of nitrogens with zero attached hydrogens (tertiary/aromatic N) is 1. The molecule has 3 N–H and O–H groups in total. The van der Waals surface area contributed by atoms with Crippen LogP contribution in [-0.4, -0.2) is 29.0 Å². The largest absolute Gasteiger partial charge is 0.507 e. The number of hydrogen-bond donors (Lipinski definition) is 2. The van der Waals surface area contributed by atoms with E-state index in [1.54, 1.807) is 18.2 Å². The van der Waals surface area contributed by atoms with E-state index in [9.17, 15) is 9.90 Å². The van der Waals surface area contributed by atoms with Crippen molar-refractivity contribution in [2.75, 3.05) is 13.1 Å². The van der Waals surface area contributed by atoms with Crippen LogP contribution in [0.25, 0.3) is 6.08 Å². The Hall–Kier alpha value is -1.59. The second-order valence-corrected chi connectivity index (χ2v) is 6.67. The molecule has 2 rings (SSSR count). The summed E-state index contributed by atoms with van der Waals surface area (Å²) in [6, 6.07) is 4.65. The van der Waals surface area contributed by atoms with E-state index in [2.05, 4.69) is 11.5 Å². The van der Waals surface area contributed by atoms with Crippen molar-refractivity contribution in [3.05, 3.63) is 45.3 Å². The maximum Gasteiger partial charge on any atom is 0.255 e. The molecule has 118 valence electrons. The Morgan fingerprint density at radius 1 is 1.36 bits per heavy atom. The lowest BCUT2D eigenvalue weighted by atomic mass is 10.1. The molecule has 0 bridgehead atoms. The Balaban J connectivity index is 2.18. The van der Waals surface area contributed by atoms with Crippen molar-refractivity contribution in [1.29, 1.82) is 0 Å². The van der Waals surface area contributed by atoms with Gasteiger partial charge in [-0.25, -0.2) is 0 Å². The summed E-state index contributed by atoms with van der Waals surface area (Å²) in [6.07, 6.45) is 5.03. The highest BCUT2D eigenvalue weighted by molar-refractivity contribution is 8.07.